The Labute approximate surface area is 173 Å². The highest BCUT2D eigenvalue weighted by molar-refractivity contribution is 7.92. The average Bonchev–Trinajstić information content (AvgIpc) is 2.69. The van der Waals surface area contributed by atoms with Crippen molar-refractivity contribution in [1.82, 2.24) is 0 Å². The van der Waals surface area contributed by atoms with E-state index in [2.05, 4.69) is 10.0 Å². The standard InChI is InChI=1S/C21H19N3O5S/c1-14-6-10-19(11-7-14)30(28,29)23-17-5-3-4-16(12-17)21(25)22-20-13-18(24(26)27)9-8-15(20)2/h3-13,23H,1-2H3,(H,22,25). The summed E-state index contributed by atoms with van der Waals surface area (Å²) >= 11 is 0. The summed E-state index contributed by atoms with van der Waals surface area (Å²) in [5.74, 6) is -0.519. The predicted molar refractivity (Wildman–Crippen MR) is 114 cm³/mol. The first-order chi connectivity index (χ1) is 14.2. The molecule has 0 saturated carbocycles. The maximum absolute atomic E-state index is 12.6. The topological polar surface area (TPSA) is 118 Å². The van der Waals surface area contributed by atoms with E-state index in [0.717, 1.165) is 5.56 Å². The molecule has 154 valence electrons. The SMILES string of the molecule is Cc1ccc(S(=O)(=O)Nc2cccc(C(=O)Nc3cc([N+](=O)[O-])ccc3C)c2)cc1. The number of hydrogen-bond donors (Lipinski definition) is 2. The molecule has 30 heavy (non-hydrogen) atoms. The van der Waals surface area contributed by atoms with Crippen LogP contribution in [-0.2, 0) is 10.0 Å². The highest BCUT2D eigenvalue weighted by atomic mass is 32.2. The van der Waals surface area contributed by atoms with E-state index in [0.29, 0.717) is 11.3 Å². The van der Waals surface area contributed by atoms with Gasteiger partial charge in [0.05, 0.1) is 15.5 Å². The average molecular weight is 425 g/mol. The molecule has 9 heteroatoms. The van der Waals surface area contributed by atoms with Crippen LogP contribution in [0.25, 0.3) is 0 Å². The molecule has 3 rings (SSSR count). The van der Waals surface area contributed by atoms with Gasteiger partial charge in [0.15, 0.2) is 0 Å². The van der Waals surface area contributed by atoms with Gasteiger partial charge in [-0.2, -0.15) is 0 Å². The summed E-state index contributed by atoms with van der Waals surface area (Å²) in [5, 5.41) is 13.6. The summed E-state index contributed by atoms with van der Waals surface area (Å²) < 4.78 is 27.6. The van der Waals surface area contributed by atoms with Crippen molar-refractivity contribution >= 4 is 33.0 Å². The van der Waals surface area contributed by atoms with E-state index in [1.54, 1.807) is 31.2 Å². The molecule has 0 unspecified atom stereocenters. The third kappa shape index (κ3) is 4.81. The molecule has 8 nitrogen and oxygen atoms in total. The number of nitrogens with zero attached hydrogens (tertiary/aromatic N) is 1. The van der Waals surface area contributed by atoms with Crippen LogP contribution in [0.15, 0.2) is 71.6 Å². The summed E-state index contributed by atoms with van der Waals surface area (Å²) in [6.07, 6.45) is 0. The molecule has 0 radical (unpaired) electrons. The van der Waals surface area contributed by atoms with Gasteiger partial charge in [-0.05, 0) is 49.7 Å². The summed E-state index contributed by atoms with van der Waals surface area (Å²) in [6, 6.07) is 16.5. The fourth-order valence-corrected chi connectivity index (χ4v) is 3.76. The molecule has 0 aliphatic carbocycles. The molecular weight excluding hydrogens is 406 g/mol. The van der Waals surface area contributed by atoms with Crippen LogP contribution < -0.4 is 10.0 Å². The van der Waals surface area contributed by atoms with Crippen molar-refractivity contribution in [2.24, 2.45) is 0 Å². The van der Waals surface area contributed by atoms with Crippen molar-refractivity contribution in [2.45, 2.75) is 18.7 Å². The van der Waals surface area contributed by atoms with Gasteiger partial charge in [0.25, 0.3) is 21.6 Å². The first-order valence-electron chi connectivity index (χ1n) is 8.92. The Kier molecular flexibility index (Phi) is 5.84. The Hall–Kier alpha value is -3.72. The lowest BCUT2D eigenvalue weighted by Gasteiger charge is -2.11. The van der Waals surface area contributed by atoms with Crippen LogP contribution in [0.1, 0.15) is 21.5 Å². The summed E-state index contributed by atoms with van der Waals surface area (Å²) in [4.78, 5) is 23.1. The van der Waals surface area contributed by atoms with E-state index in [4.69, 9.17) is 0 Å². The second-order valence-electron chi connectivity index (χ2n) is 6.71. The molecule has 0 aliphatic heterocycles. The van der Waals surface area contributed by atoms with Crippen molar-refractivity contribution in [3.8, 4) is 0 Å². The number of anilines is 2. The number of benzene rings is 3. The normalized spacial score (nSPS) is 11.0. The number of carbonyl (C=O) groups excluding carboxylic acids is 1. The molecule has 2 N–H and O–H groups in total. The van der Waals surface area contributed by atoms with Crippen LogP contribution in [0.5, 0.6) is 0 Å². The zero-order valence-corrected chi connectivity index (χ0v) is 17.1. The largest absolute Gasteiger partial charge is 0.321 e. The number of nitro groups is 1. The van der Waals surface area contributed by atoms with E-state index < -0.39 is 20.9 Å². The number of rotatable bonds is 6. The smallest absolute Gasteiger partial charge is 0.271 e. The molecule has 0 aliphatic rings. The summed E-state index contributed by atoms with van der Waals surface area (Å²) in [7, 11) is -3.81. The third-order valence-corrected chi connectivity index (χ3v) is 5.79. The monoisotopic (exact) mass is 425 g/mol. The number of carbonyl (C=O) groups is 1. The fourth-order valence-electron chi connectivity index (χ4n) is 2.71. The van der Waals surface area contributed by atoms with Gasteiger partial charge >= 0.3 is 0 Å². The van der Waals surface area contributed by atoms with Crippen LogP contribution in [0.2, 0.25) is 0 Å². The molecule has 0 heterocycles. The fraction of sp³-hybridized carbons (Fsp3) is 0.0952. The van der Waals surface area contributed by atoms with Crippen molar-refractivity contribution in [3.63, 3.8) is 0 Å². The number of nitrogens with one attached hydrogen (secondary N) is 2. The van der Waals surface area contributed by atoms with Crippen molar-refractivity contribution in [1.29, 1.82) is 0 Å². The van der Waals surface area contributed by atoms with Gasteiger partial charge in [0.2, 0.25) is 0 Å². The van der Waals surface area contributed by atoms with Crippen LogP contribution in [0.3, 0.4) is 0 Å². The lowest BCUT2D eigenvalue weighted by atomic mass is 10.1. The number of sulfonamides is 1. The Morgan fingerprint density at radius 2 is 1.67 bits per heavy atom. The lowest BCUT2D eigenvalue weighted by molar-refractivity contribution is -0.384. The van der Waals surface area contributed by atoms with Gasteiger partial charge in [0, 0.05) is 23.4 Å². The van der Waals surface area contributed by atoms with Crippen LogP contribution in [0.4, 0.5) is 17.1 Å². The number of nitro benzene ring substituents is 1. The number of amides is 1. The lowest BCUT2D eigenvalue weighted by Crippen LogP contribution is -2.15. The molecule has 1 amide bonds. The van der Waals surface area contributed by atoms with Gasteiger partial charge in [0.1, 0.15) is 0 Å². The van der Waals surface area contributed by atoms with Crippen molar-refractivity contribution in [3.05, 3.63) is 93.5 Å². The van der Waals surface area contributed by atoms with Gasteiger partial charge in [-0.15, -0.1) is 0 Å². The number of non-ortho nitro benzene ring substituents is 1. The first-order valence-corrected chi connectivity index (χ1v) is 10.4. The molecule has 3 aromatic rings. The molecular formula is C21H19N3O5S. The maximum atomic E-state index is 12.6. The second kappa shape index (κ2) is 8.34. The minimum absolute atomic E-state index is 0.107. The highest BCUT2D eigenvalue weighted by Crippen LogP contribution is 2.23. The quantitative estimate of drug-likeness (QED) is 0.452. The third-order valence-electron chi connectivity index (χ3n) is 4.39. The van der Waals surface area contributed by atoms with Gasteiger partial charge in [-0.25, -0.2) is 8.42 Å². The Balaban J connectivity index is 1.81. The van der Waals surface area contributed by atoms with Crippen LogP contribution in [0, 0.1) is 24.0 Å². The minimum atomic E-state index is -3.81. The molecule has 0 spiro atoms. The van der Waals surface area contributed by atoms with Gasteiger partial charge in [-0.3, -0.25) is 19.6 Å². The Morgan fingerprint density at radius 3 is 2.33 bits per heavy atom. The summed E-state index contributed by atoms with van der Waals surface area (Å²) in [5.41, 5.74) is 2.17. The number of hydrogen-bond acceptors (Lipinski definition) is 5. The van der Waals surface area contributed by atoms with Gasteiger partial charge < -0.3 is 5.32 Å². The molecule has 0 saturated heterocycles. The van der Waals surface area contributed by atoms with E-state index in [1.807, 2.05) is 6.92 Å². The molecule has 3 aromatic carbocycles. The van der Waals surface area contributed by atoms with E-state index >= 15 is 0 Å². The Morgan fingerprint density at radius 1 is 0.967 bits per heavy atom. The molecule has 0 bridgehead atoms. The molecule has 0 aromatic heterocycles. The van der Waals surface area contributed by atoms with E-state index in [9.17, 15) is 23.3 Å². The van der Waals surface area contributed by atoms with E-state index in [-0.39, 0.29) is 21.8 Å². The zero-order valence-electron chi connectivity index (χ0n) is 16.2. The Bertz CT molecular complexity index is 1220. The van der Waals surface area contributed by atoms with Crippen LogP contribution in [-0.4, -0.2) is 19.2 Å². The van der Waals surface area contributed by atoms with Crippen molar-refractivity contribution in [2.75, 3.05) is 10.0 Å². The highest BCUT2D eigenvalue weighted by Gasteiger charge is 2.16. The zero-order chi connectivity index (χ0) is 21.9. The first kappa shape index (κ1) is 21.0. The second-order valence-corrected chi connectivity index (χ2v) is 8.39. The maximum Gasteiger partial charge on any atom is 0.271 e. The van der Waals surface area contributed by atoms with E-state index in [1.165, 1.54) is 42.5 Å². The summed E-state index contributed by atoms with van der Waals surface area (Å²) in [6.45, 7) is 3.57. The molecule has 0 fully saturated rings. The molecule has 0 atom stereocenters. The van der Waals surface area contributed by atoms with Crippen molar-refractivity contribution < 1.29 is 18.1 Å². The minimum Gasteiger partial charge on any atom is -0.321 e. The van der Waals surface area contributed by atoms with Crippen LogP contribution >= 0.6 is 0 Å². The predicted octanol–water partition coefficient (Wildman–Crippen LogP) is 4.26. The number of aryl methyl sites for hydroxylation is 2. The van der Waals surface area contributed by atoms with Gasteiger partial charge in [-0.1, -0.05) is 29.8 Å².